The second-order valence-corrected chi connectivity index (χ2v) is 8.10. The van der Waals surface area contributed by atoms with Gasteiger partial charge in [0.1, 0.15) is 23.1 Å². The van der Waals surface area contributed by atoms with Crippen LogP contribution in [-0.4, -0.2) is 54.1 Å². The minimum Gasteiger partial charge on any atom is -0.484 e. The summed E-state index contributed by atoms with van der Waals surface area (Å²) in [5.74, 6) is -4.62. The van der Waals surface area contributed by atoms with Gasteiger partial charge in [-0.1, -0.05) is 11.6 Å². The summed E-state index contributed by atoms with van der Waals surface area (Å²) in [5, 5.41) is -0.710. The third kappa shape index (κ3) is 6.04. The fourth-order valence-corrected chi connectivity index (χ4v) is 3.05. The quantitative estimate of drug-likeness (QED) is 0.282. The largest absolute Gasteiger partial charge is 0.484 e. The first-order valence-corrected chi connectivity index (χ1v) is 9.81. The number of carbonyl (C=O) groups is 3. The Morgan fingerprint density at radius 1 is 1.27 bits per heavy atom. The van der Waals surface area contributed by atoms with Crippen LogP contribution in [0.4, 0.5) is 13.6 Å². The van der Waals surface area contributed by atoms with Crippen LogP contribution in [0.25, 0.3) is 0 Å². The summed E-state index contributed by atoms with van der Waals surface area (Å²) in [6.07, 6.45) is -1.55. The molecule has 1 amide bonds. The van der Waals surface area contributed by atoms with Gasteiger partial charge in [-0.25, -0.2) is 13.6 Å². The Hall–Kier alpha value is -2.42. The molecule has 7 nitrogen and oxygen atoms in total. The smallest absolute Gasteiger partial charge is 0.410 e. The predicted octanol–water partition coefficient (Wildman–Crippen LogP) is 4.14. The van der Waals surface area contributed by atoms with Crippen molar-refractivity contribution in [1.29, 1.82) is 0 Å². The lowest BCUT2D eigenvalue weighted by molar-refractivity contribution is -0.141. The van der Waals surface area contributed by atoms with Crippen LogP contribution in [0, 0.1) is 11.6 Å². The maximum atomic E-state index is 14.6. The lowest BCUT2D eigenvalue weighted by Gasteiger charge is -2.24. The lowest BCUT2D eigenvalue weighted by Crippen LogP contribution is -2.36. The Bertz CT molecular complexity index is 840. The number of likely N-dealkylation sites (tertiary alicyclic amines) is 1. The molecule has 2 rings (SSSR count). The molecule has 0 N–H and O–H groups in total. The zero-order valence-electron chi connectivity index (χ0n) is 17.2. The van der Waals surface area contributed by atoms with Gasteiger partial charge in [0.05, 0.1) is 18.7 Å². The van der Waals surface area contributed by atoms with Gasteiger partial charge in [0.15, 0.2) is 23.2 Å². The fourth-order valence-electron chi connectivity index (χ4n) is 2.81. The van der Waals surface area contributed by atoms with Gasteiger partial charge in [0, 0.05) is 13.0 Å². The maximum absolute atomic E-state index is 14.6. The summed E-state index contributed by atoms with van der Waals surface area (Å²) in [4.78, 5) is 37.0. The van der Waals surface area contributed by atoms with E-state index in [0.29, 0.717) is 19.0 Å². The van der Waals surface area contributed by atoms with Gasteiger partial charge in [-0.05, 0) is 33.8 Å². The number of ketones is 1. The Morgan fingerprint density at radius 3 is 2.53 bits per heavy atom. The molecule has 1 atom stereocenters. The van der Waals surface area contributed by atoms with Gasteiger partial charge >= 0.3 is 12.1 Å². The van der Waals surface area contributed by atoms with E-state index in [0.717, 1.165) is 0 Å². The molecule has 1 aromatic carbocycles. The number of rotatable bonds is 6. The molecule has 30 heavy (non-hydrogen) atoms. The van der Waals surface area contributed by atoms with Crippen molar-refractivity contribution >= 4 is 29.4 Å². The number of amides is 1. The summed E-state index contributed by atoms with van der Waals surface area (Å²) in [6, 6.07) is 0.638. The highest BCUT2D eigenvalue weighted by atomic mass is 35.5. The molecule has 1 aliphatic heterocycles. The standard InChI is InChI=1S/C20H24ClF2NO6/c1-5-28-15(26)9-14(25)12-8-13(22)18(16(21)17(12)23)29-11-6-7-24(10-11)19(27)30-20(2,3)4/h8,11H,5-7,9-10H2,1-4H3. The first kappa shape index (κ1) is 23.9. The van der Waals surface area contributed by atoms with Gasteiger partial charge in [0.2, 0.25) is 0 Å². The Kier molecular flexibility index (Phi) is 7.63. The van der Waals surface area contributed by atoms with Crippen LogP contribution in [-0.2, 0) is 14.3 Å². The first-order valence-electron chi connectivity index (χ1n) is 9.43. The Labute approximate surface area is 178 Å². The molecule has 0 radical (unpaired) electrons. The number of halogens is 3. The molecule has 10 heteroatoms. The van der Waals surface area contributed by atoms with Crippen LogP contribution in [0.5, 0.6) is 5.75 Å². The molecule has 0 bridgehead atoms. The normalized spacial score (nSPS) is 16.4. The molecule has 1 aromatic rings. The van der Waals surface area contributed by atoms with Crippen LogP contribution in [0.2, 0.25) is 5.02 Å². The van der Waals surface area contributed by atoms with Crippen LogP contribution in [0.15, 0.2) is 6.07 Å². The third-order valence-corrected chi connectivity index (χ3v) is 4.45. The van der Waals surface area contributed by atoms with E-state index in [1.54, 1.807) is 27.7 Å². The summed E-state index contributed by atoms with van der Waals surface area (Å²) in [5.41, 5.74) is -1.33. The Morgan fingerprint density at radius 2 is 1.93 bits per heavy atom. The van der Waals surface area contributed by atoms with Crippen molar-refractivity contribution in [2.45, 2.75) is 52.2 Å². The number of esters is 1. The zero-order chi connectivity index (χ0) is 22.6. The van der Waals surface area contributed by atoms with E-state index in [1.165, 1.54) is 4.90 Å². The minimum absolute atomic E-state index is 0.0538. The average Bonchev–Trinajstić information content (AvgIpc) is 3.09. The summed E-state index contributed by atoms with van der Waals surface area (Å²) in [6.45, 7) is 7.23. The molecule has 166 valence electrons. The number of nitrogens with zero attached hydrogens (tertiary/aromatic N) is 1. The second kappa shape index (κ2) is 9.59. The van der Waals surface area contributed by atoms with Gasteiger partial charge in [0.25, 0.3) is 0 Å². The molecule has 0 saturated carbocycles. The predicted molar refractivity (Wildman–Crippen MR) is 104 cm³/mol. The summed E-state index contributed by atoms with van der Waals surface area (Å²) >= 11 is 5.90. The summed E-state index contributed by atoms with van der Waals surface area (Å²) < 4.78 is 44.5. The zero-order valence-corrected chi connectivity index (χ0v) is 18.0. The van der Waals surface area contributed by atoms with E-state index >= 15 is 0 Å². The molecule has 0 aromatic heterocycles. The molecule has 1 fully saturated rings. The van der Waals surface area contributed by atoms with Crippen molar-refractivity contribution in [2.24, 2.45) is 0 Å². The molecular formula is C20H24ClF2NO6. The van der Waals surface area contributed by atoms with Crippen molar-refractivity contribution in [3.63, 3.8) is 0 Å². The number of Topliss-reactive ketones (excluding diaryl/α,β-unsaturated/α-hetero) is 1. The average molecular weight is 448 g/mol. The molecule has 1 saturated heterocycles. The van der Waals surface area contributed by atoms with E-state index in [-0.39, 0.29) is 13.2 Å². The Balaban J connectivity index is 2.11. The molecule has 0 spiro atoms. The summed E-state index contributed by atoms with van der Waals surface area (Å²) in [7, 11) is 0. The van der Waals surface area contributed by atoms with Gasteiger partial charge in [-0.3, -0.25) is 9.59 Å². The fraction of sp³-hybridized carbons (Fsp3) is 0.550. The highest BCUT2D eigenvalue weighted by Crippen LogP contribution is 2.35. The first-order chi connectivity index (χ1) is 13.9. The van der Waals surface area contributed by atoms with Crippen molar-refractivity contribution in [2.75, 3.05) is 19.7 Å². The highest BCUT2D eigenvalue weighted by Gasteiger charge is 2.33. The van der Waals surface area contributed by atoms with Crippen molar-refractivity contribution < 1.29 is 37.4 Å². The van der Waals surface area contributed by atoms with E-state index in [2.05, 4.69) is 4.74 Å². The van der Waals surface area contributed by atoms with Crippen LogP contribution < -0.4 is 4.74 Å². The third-order valence-electron chi connectivity index (χ3n) is 4.11. The molecular weight excluding hydrogens is 424 g/mol. The monoisotopic (exact) mass is 447 g/mol. The lowest BCUT2D eigenvalue weighted by atomic mass is 10.1. The number of hydrogen-bond donors (Lipinski definition) is 0. The molecule has 1 heterocycles. The number of hydrogen-bond acceptors (Lipinski definition) is 6. The minimum atomic E-state index is -1.19. The highest BCUT2D eigenvalue weighted by molar-refractivity contribution is 6.32. The van der Waals surface area contributed by atoms with Gasteiger partial charge < -0.3 is 19.1 Å². The van der Waals surface area contributed by atoms with Gasteiger partial charge in [-0.2, -0.15) is 0 Å². The molecule has 1 unspecified atom stereocenters. The van der Waals surface area contributed by atoms with Crippen LogP contribution >= 0.6 is 11.6 Å². The van der Waals surface area contributed by atoms with Gasteiger partial charge in [-0.15, -0.1) is 0 Å². The maximum Gasteiger partial charge on any atom is 0.410 e. The topological polar surface area (TPSA) is 82.1 Å². The number of benzene rings is 1. The van der Waals surface area contributed by atoms with Crippen molar-refractivity contribution in [1.82, 2.24) is 4.90 Å². The van der Waals surface area contributed by atoms with Crippen LogP contribution in [0.3, 0.4) is 0 Å². The SMILES string of the molecule is CCOC(=O)CC(=O)c1cc(F)c(OC2CCN(C(=O)OC(C)(C)C)C2)c(Cl)c1F. The second-order valence-electron chi connectivity index (χ2n) is 7.72. The van der Waals surface area contributed by atoms with Crippen molar-refractivity contribution in [3.05, 3.63) is 28.3 Å². The number of carbonyl (C=O) groups excluding carboxylic acids is 3. The van der Waals surface area contributed by atoms with Crippen molar-refractivity contribution in [3.8, 4) is 5.75 Å². The van der Waals surface area contributed by atoms with E-state index < -0.39 is 63.9 Å². The van der Waals surface area contributed by atoms with Crippen LogP contribution in [0.1, 0.15) is 50.9 Å². The van der Waals surface area contributed by atoms with E-state index in [4.69, 9.17) is 21.1 Å². The van der Waals surface area contributed by atoms with E-state index in [1.807, 2.05) is 0 Å². The molecule has 1 aliphatic rings. The van der Waals surface area contributed by atoms with E-state index in [9.17, 15) is 23.2 Å². The molecule has 0 aliphatic carbocycles. The number of ether oxygens (including phenoxy) is 3.